The first-order valence-corrected chi connectivity index (χ1v) is 8.89. The minimum atomic E-state index is -2.02. The smallest absolute Gasteiger partial charge is 0.238 e. The van der Waals surface area contributed by atoms with E-state index >= 15 is 0 Å². The second-order valence-corrected chi connectivity index (χ2v) is 7.59. The van der Waals surface area contributed by atoms with Crippen LogP contribution in [0.5, 0.6) is 0 Å². The molecule has 4 atom stereocenters. The molecule has 3 aliphatic rings. The fourth-order valence-corrected chi connectivity index (χ4v) is 5.18. The van der Waals surface area contributed by atoms with E-state index in [0.29, 0.717) is 23.2 Å². The van der Waals surface area contributed by atoms with Gasteiger partial charge in [-0.2, -0.15) is 15.8 Å². The molecule has 27 heavy (non-hydrogen) atoms. The van der Waals surface area contributed by atoms with Crippen LogP contribution in [0.25, 0.3) is 0 Å². The normalized spacial score (nSPS) is 33.0. The monoisotopic (exact) mass is 355 g/mol. The number of fused-ring (bicyclic) bond motifs is 4. The summed E-state index contributed by atoms with van der Waals surface area (Å²) in [6.07, 6.45) is 3.28. The molecule has 6 nitrogen and oxygen atoms in total. The molecule has 0 radical (unpaired) electrons. The van der Waals surface area contributed by atoms with Gasteiger partial charge in [-0.3, -0.25) is 4.79 Å². The van der Waals surface area contributed by atoms with Gasteiger partial charge in [0.2, 0.25) is 11.3 Å². The zero-order valence-corrected chi connectivity index (χ0v) is 14.8. The van der Waals surface area contributed by atoms with Crippen LogP contribution in [0.1, 0.15) is 25.3 Å². The number of nitriles is 3. The number of allylic oxidation sites excluding steroid dienone is 2. The number of benzene rings is 1. The number of nitrogens with one attached hydrogen (secondary N) is 2. The number of carbonyl (C=O) groups is 1. The van der Waals surface area contributed by atoms with Crippen LogP contribution in [0, 0.1) is 62.6 Å². The number of para-hydroxylation sites is 1. The van der Waals surface area contributed by atoms with Gasteiger partial charge in [0, 0.05) is 11.6 Å². The Balaban J connectivity index is 2.14. The van der Waals surface area contributed by atoms with E-state index in [1.165, 1.54) is 0 Å². The van der Waals surface area contributed by atoms with Crippen LogP contribution in [0.4, 0.5) is 5.69 Å². The van der Waals surface area contributed by atoms with Gasteiger partial charge in [0.15, 0.2) is 0 Å². The quantitative estimate of drug-likeness (QED) is 0.694. The molecule has 1 aliphatic heterocycles. The first-order chi connectivity index (χ1) is 13.0. The van der Waals surface area contributed by atoms with E-state index in [0.717, 1.165) is 6.42 Å². The van der Waals surface area contributed by atoms with Crippen LogP contribution in [-0.2, 0) is 10.2 Å². The Hall–Kier alpha value is -3.43. The van der Waals surface area contributed by atoms with E-state index in [4.69, 9.17) is 5.41 Å². The van der Waals surface area contributed by atoms with Crippen molar-refractivity contribution in [2.45, 2.75) is 25.2 Å². The van der Waals surface area contributed by atoms with Gasteiger partial charge < -0.3 is 10.7 Å². The van der Waals surface area contributed by atoms with Crippen molar-refractivity contribution in [1.82, 2.24) is 0 Å². The Morgan fingerprint density at radius 2 is 1.93 bits per heavy atom. The second kappa shape index (κ2) is 5.53. The van der Waals surface area contributed by atoms with Crippen molar-refractivity contribution >= 4 is 17.3 Å². The lowest BCUT2D eigenvalue weighted by atomic mass is 9.44. The van der Waals surface area contributed by atoms with Crippen molar-refractivity contribution in [3.05, 3.63) is 41.5 Å². The molecular weight excluding hydrogens is 338 g/mol. The van der Waals surface area contributed by atoms with Crippen LogP contribution in [0.2, 0.25) is 0 Å². The highest BCUT2D eigenvalue weighted by Crippen LogP contribution is 2.63. The zero-order chi connectivity index (χ0) is 19.4. The van der Waals surface area contributed by atoms with Gasteiger partial charge in [0.05, 0.1) is 23.9 Å². The van der Waals surface area contributed by atoms with E-state index in [1.54, 1.807) is 24.3 Å². The Morgan fingerprint density at radius 3 is 2.59 bits per heavy atom. The molecule has 6 heteroatoms. The molecule has 4 rings (SSSR count). The highest BCUT2D eigenvalue weighted by Gasteiger charge is 2.72. The topological polar surface area (TPSA) is 124 Å². The van der Waals surface area contributed by atoms with Crippen molar-refractivity contribution in [2.24, 2.45) is 23.2 Å². The van der Waals surface area contributed by atoms with Crippen molar-refractivity contribution in [3.63, 3.8) is 0 Å². The molecule has 0 bridgehead atoms. The molecule has 1 unspecified atom stereocenters. The van der Waals surface area contributed by atoms with Gasteiger partial charge in [0.1, 0.15) is 11.3 Å². The van der Waals surface area contributed by atoms with Gasteiger partial charge in [-0.25, -0.2) is 0 Å². The molecule has 1 heterocycles. The van der Waals surface area contributed by atoms with Gasteiger partial charge >= 0.3 is 0 Å². The highest BCUT2D eigenvalue weighted by molar-refractivity contribution is 6.16. The molecule has 132 valence electrons. The van der Waals surface area contributed by atoms with Crippen molar-refractivity contribution < 1.29 is 4.79 Å². The number of hydrogen-bond acceptors (Lipinski definition) is 5. The molecule has 1 saturated carbocycles. The lowest BCUT2D eigenvalue weighted by Crippen LogP contribution is -2.64. The molecular formula is C21H17N5O. The number of anilines is 1. The maximum Gasteiger partial charge on any atom is 0.238 e. The second-order valence-electron chi connectivity index (χ2n) is 7.59. The van der Waals surface area contributed by atoms with Gasteiger partial charge in [0.25, 0.3) is 0 Å². The molecule has 0 aromatic heterocycles. The minimum Gasteiger partial charge on any atom is -0.325 e. The zero-order valence-electron chi connectivity index (χ0n) is 14.8. The van der Waals surface area contributed by atoms with Crippen LogP contribution in [0.3, 0.4) is 0 Å². The summed E-state index contributed by atoms with van der Waals surface area (Å²) in [6.45, 7) is 2.06. The SMILES string of the molecule is C[C@H]1CC=C2C(C#N)C(=N)C(C#N)(C#N)[C@@]3(C(=O)Nc4ccccc43)[C@H]2C1. The van der Waals surface area contributed by atoms with E-state index < -0.39 is 28.6 Å². The van der Waals surface area contributed by atoms with Gasteiger partial charge in [-0.15, -0.1) is 0 Å². The van der Waals surface area contributed by atoms with E-state index in [2.05, 4.69) is 18.3 Å². The Kier molecular flexibility index (Phi) is 3.48. The van der Waals surface area contributed by atoms with Gasteiger partial charge in [-0.1, -0.05) is 31.2 Å². The number of carbonyl (C=O) groups excluding carboxylic acids is 1. The average Bonchev–Trinajstić information content (AvgIpc) is 2.97. The van der Waals surface area contributed by atoms with Crippen molar-refractivity contribution in [2.75, 3.05) is 5.32 Å². The number of amides is 1. The third-order valence-corrected chi connectivity index (χ3v) is 6.36. The van der Waals surface area contributed by atoms with Crippen LogP contribution in [-0.4, -0.2) is 11.6 Å². The Bertz CT molecular complexity index is 1020. The number of hydrogen-bond donors (Lipinski definition) is 2. The molecule has 0 saturated heterocycles. The fourth-order valence-electron chi connectivity index (χ4n) is 5.18. The maximum absolute atomic E-state index is 13.4. The third kappa shape index (κ3) is 1.76. The van der Waals surface area contributed by atoms with E-state index in [1.807, 2.05) is 18.2 Å². The standard InChI is InChI=1S/C21H17N5O/c1-12-6-7-13-14(9-22)18(25)20(10-23,11-24)21(16(13)8-12)15-4-2-3-5-17(15)26-19(21)27/h2-5,7,12,14,16,25H,6,8H2,1H3,(H,26,27)/t12-,14?,16-,21+/m0/s1. The lowest BCUT2D eigenvalue weighted by Gasteiger charge is -2.52. The molecule has 2 aliphatic carbocycles. The average molecular weight is 355 g/mol. The van der Waals surface area contributed by atoms with E-state index in [-0.39, 0.29) is 11.6 Å². The summed E-state index contributed by atoms with van der Waals surface area (Å²) in [5.74, 6) is -1.60. The molecule has 1 spiro atoms. The van der Waals surface area contributed by atoms with Crippen molar-refractivity contribution in [1.29, 1.82) is 21.2 Å². The van der Waals surface area contributed by atoms with Gasteiger partial charge in [-0.05, 0) is 36.0 Å². The summed E-state index contributed by atoms with van der Waals surface area (Å²) in [5, 5.41) is 41.5. The minimum absolute atomic E-state index is 0.248. The predicted molar refractivity (Wildman–Crippen MR) is 97.2 cm³/mol. The van der Waals surface area contributed by atoms with Crippen molar-refractivity contribution in [3.8, 4) is 18.2 Å². The van der Waals surface area contributed by atoms with Crippen LogP contribution in [0.15, 0.2) is 35.9 Å². The lowest BCUT2D eigenvalue weighted by molar-refractivity contribution is -0.124. The fraction of sp³-hybridized carbons (Fsp3) is 0.381. The number of nitrogens with zero attached hydrogens (tertiary/aromatic N) is 3. The molecule has 1 fully saturated rings. The summed E-state index contributed by atoms with van der Waals surface area (Å²) < 4.78 is 0. The summed E-state index contributed by atoms with van der Waals surface area (Å²) in [4.78, 5) is 13.4. The Morgan fingerprint density at radius 1 is 1.22 bits per heavy atom. The third-order valence-electron chi connectivity index (χ3n) is 6.36. The van der Waals surface area contributed by atoms with Crippen LogP contribution < -0.4 is 5.32 Å². The largest absolute Gasteiger partial charge is 0.325 e. The first kappa shape index (κ1) is 17.0. The summed E-state index contributed by atoms with van der Waals surface area (Å²) in [7, 11) is 0. The molecule has 1 aromatic carbocycles. The van der Waals surface area contributed by atoms with Crippen LogP contribution >= 0.6 is 0 Å². The first-order valence-electron chi connectivity index (χ1n) is 8.89. The predicted octanol–water partition coefficient (Wildman–Crippen LogP) is 3.06. The highest BCUT2D eigenvalue weighted by atomic mass is 16.2. The Labute approximate surface area is 157 Å². The maximum atomic E-state index is 13.4. The summed E-state index contributed by atoms with van der Waals surface area (Å²) >= 11 is 0. The van der Waals surface area contributed by atoms with E-state index in [9.17, 15) is 20.6 Å². The molecule has 1 aromatic rings. The molecule has 1 amide bonds. The summed E-state index contributed by atoms with van der Waals surface area (Å²) in [6, 6.07) is 13.2. The summed E-state index contributed by atoms with van der Waals surface area (Å²) in [5.41, 5.74) is -1.99. The number of rotatable bonds is 0. The molecule has 2 N–H and O–H groups in total.